The fraction of sp³-hybridized carbons (Fsp3) is 0.511. The van der Waals surface area contributed by atoms with Crippen LogP contribution >= 0.6 is 11.6 Å². The standard InChI is InChI=1S/C45H58ClN9O9S2/c46-32-27-31(30-47)39-29-41(53-25-19-48-20-26-53)44(40(39)28-32)64-36-7-11-38(12-8-36)66(62,63)52-34-15-23-55(24-16-34)43(58)4-2-18-50-45(59)49-17-1-3-42(57)54-21-13-33(14-22-54)51-65(60,61)37-9-5-35(56)6-10-37/h5-12,27-28,33-34,41,44,48,51-52,56H,1-4,13-26,29H2,(H2,49,50,59)/t41-,44-/m0/s1. The first-order valence-corrected chi connectivity index (χ1v) is 25.9. The van der Waals surface area contributed by atoms with Crippen molar-refractivity contribution in [3.8, 4) is 17.6 Å². The predicted octanol–water partition coefficient (Wildman–Crippen LogP) is 2.97. The Balaban J connectivity index is 0.761. The highest BCUT2D eigenvalue weighted by molar-refractivity contribution is 7.89. The van der Waals surface area contributed by atoms with Gasteiger partial charge in [0.1, 0.15) is 17.6 Å². The van der Waals surface area contributed by atoms with Crippen molar-refractivity contribution in [1.29, 1.82) is 5.26 Å². The first-order valence-electron chi connectivity index (χ1n) is 22.5. The lowest BCUT2D eigenvalue weighted by atomic mass is 10.0. The number of piperidine rings is 2. The lowest BCUT2D eigenvalue weighted by molar-refractivity contribution is -0.133. The SMILES string of the molecule is N#Cc1cc(Cl)cc2c1C[C@H](N1CCNCC1)[C@H]2Oc1ccc(S(=O)(=O)NC2CCN(C(=O)CCCNC(=O)NCCCC(=O)N3CCC(NS(=O)(=O)c4ccc(O)cc4)CC3)CC2)cc1. The number of nitrogens with zero attached hydrogens (tertiary/aromatic N) is 4. The van der Waals surface area contributed by atoms with Crippen molar-refractivity contribution in [2.24, 2.45) is 0 Å². The zero-order valence-electron chi connectivity index (χ0n) is 36.7. The van der Waals surface area contributed by atoms with Gasteiger partial charge in [0.2, 0.25) is 31.9 Å². The highest BCUT2D eigenvalue weighted by atomic mass is 35.5. The lowest BCUT2D eigenvalue weighted by Crippen LogP contribution is -2.50. The van der Waals surface area contributed by atoms with Crippen LogP contribution in [0.1, 0.15) is 74.2 Å². The number of halogens is 1. The second-order valence-electron chi connectivity index (χ2n) is 17.1. The third kappa shape index (κ3) is 12.7. The molecule has 3 aromatic rings. The van der Waals surface area contributed by atoms with Gasteiger partial charge in [-0.1, -0.05) is 11.6 Å². The van der Waals surface area contributed by atoms with Gasteiger partial charge in [0.15, 0.2) is 0 Å². The molecule has 0 bridgehead atoms. The number of nitriles is 1. The van der Waals surface area contributed by atoms with Crippen LogP contribution < -0.4 is 30.1 Å². The number of carbonyl (C=O) groups is 3. The van der Waals surface area contributed by atoms with Gasteiger partial charge in [-0.3, -0.25) is 14.5 Å². The van der Waals surface area contributed by atoms with Crippen molar-refractivity contribution in [2.45, 2.75) is 91.8 Å². The van der Waals surface area contributed by atoms with Crippen molar-refractivity contribution in [3.63, 3.8) is 0 Å². The number of benzene rings is 3. The summed E-state index contributed by atoms with van der Waals surface area (Å²) in [5.41, 5.74) is 2.34. The number of likely N-dealkylation sites (tertiary alicyclic amines) is 2. The summed E-state index contributed by atoms with van der Waals surface area (Å²) in [6, 6.07) is 16.4. The van der Waals surface area contributed by atoms with Crippen molar-refractivity contribution in [2.75, 3.05) is 65.4 Å². The van der Waals surface area contributed by atoms with E-state index in [2.05, 4.69) is 36.4 Å². The average Bonchev–Trinajstić information content (AvgIpc) is 3.67. The number of fused-ring (bicyclic) bond motifs is 1. The topological polar surface area (TPSA) is 243 Å². The number of carbonyl (C=O) groups excluding carboxylic acids is 3. The molecule has 3 aliphatic heterocycles. The maximum absolute atomic E-state index is 13.4. The van der Waals surface area contributed by atoms with Gasteiger partial charge in [0, 0.05) is 95.4 Å². The van der Waals surface area contributed by atoms with Crippen LogP contribution in [-0.2, 0) is 36.1 Å². The van der Waals surface area contributed by atoms with E-state index in [4.69, 9.17) is 16.3 Å². The monoisotopic (exact) mass is 967 g/mol. The van der Waals surface area contributed by atoms with Crippen LogP contribution in [0.25, 0.3) is 0 Å². The van der Waals surface area contributed by atoms with Crippen molar-refractivity contribution < 1.29 is 41.1 Å². The molecule has 2 atom stereocenters. The molecule has 3 aromatic carbocycles. The van der Waals surface area contributed by atoms with Crippen LogP contribution in [0.4, 0.5) is 4.79 Å². The normalized spacial score (nSPS) is 19.8. The van der Waals surface area contributed by atoms with E-state index in [1.165, 1.54) is 36.4 Å². The van der Waals surface area contributed by atoms with Gasteiger partial charge in [-0.05, 0) is 117 Å². The van der Waals surface area contributed by atoms with E-state index in [-0.39, 0.29) is 71.4 Å². The van der Waals surface area contributed by atoms with E-state index in [1.54, 1.807) is 28.0 Å². The molecule has 66 heavy (non-hydrogen) atoms. The van der Waals surface area contributed by atoms with Crippen LogP contribution in [0.3, 0.4) is 0 Å². The Morgan fingerprint density at radius 2 is 1.26 bits per heavy atom. The van der Waals surface area contributed by atoms with E-state index in [0.717, 1.165) is 37.3 Å². The predicted molar refractivity (Wildman–Crippen MR) is 246 cm³/mol. The van der Waals surface area contributed by atoms with Gasteiger partial charge in [0.05, 0.1) is 27.5 Å². The maximum atomic E-state index is 13.4. The minimum atomic E-state index is -3.86. The summed E-state index contributed by atoms with van der Waals surface area (Å²) in [6.07, 6.45) is 3.44. The van der Waals surface area contributed by atoms with E-state index in [1.807, 2.05) is 6.07 Å². The molecule has 1 aliphatic carbocycles. The van der Waals surface area contributed by atoms with E-state index < -0.39 is 32.2 Å². The summed E-state index contributed by atoms with van der Waals surface area (Å²) in [6.45, 7) is 5.58. The number of hydrogen-bond acceptors (Lipinski definition) is 12. The number of ether oxygens (including phenoxy) is 1. The lowest BCUT2D eigenvalue weighted by Gasteiger charge is -2.36. The summed E-state index contributed by atoms with van der Waals surface area (Å²) in [7, 11) is -7.60. The van der Waals surface area contributed by atoms with Crippen LogP contribution in [0.5, 0.6) is 11.5 Å². The van der Waals surface area contributed by atoms with Crippen LogP contribution in [0, 0.1) is 11.3 Å². The molecule has 3 saturated heterocycles. The summed E-state index contributed by atoms with van der Waals surface area (Å²) in [4.78, 5) is 43.9. The Morgan fingerprint density at radius 1 is 0.758 bits per heavy atom. The fourth-order valence-corrected chi connectivity index (χ4v) is 11.9. The number of hydrogen-bond donors (Lipinski definition) is 6. The largest absolute Gasteiger partial charge is 0.508 e. The molecule has 0 unspecified atom stereocenters. The molecule has 0 spiro atoms. The molecule has 7 rings (SSSR count). The average molecular weight is 969 g/mol. The number of aromatic hydroxyl groups is 1. The summed E-state index contributed by atoms with van der Waals surface area (Å²) in [5.74, 6) is 0.345. The second kappa shape index (κ2) is 22.2. The Kier molecular flexibility index (Phi) is 16.4. The van der Waals surface area contributed by atoms with Crippen LogP contribution in [0.2, 0.25) is 5.02 Å². The molecule has 3 fully saturated rings. The number of rotatable bonds is 17. The number of phenolic OH excluding ortho intramolecular Hbond substituents is 1. The van der Waals surface area contributed by atoms with E-state index in [9.17, 15) is 41.6 Å². The number of amides is 4. The molecule has 4 amide bonds. The molecule has 21 heteroatoms. The first-order chi connectivity index (χ1) is 31.7. The zero-order chi connectivity index (χ0) is 46.8. The Hall–Kier alpha value is -5.01. The second-order valence-corrected chi connectivity index (χ2v) is 21.0. The van der Waals surface area contributed by atoms with Gasteiger partial charge in [-0.2, -0.15) is 5.26 Å². The van der Waals surface area contributed by atoms with Crippen molar-refractivity contribution >= 4 is 49.5 Å². The minimum Gasteiger partial charge on any atom is -0.508 e. The van der Waals surface area contributed by atoms with Gasteiger partial charge in [0.25, 0.3) is 0 Å². The van der Waals surface area contributed by atoms with Gasteiger partial charge in [-0.15, -0.1) is 0 Å². The van der Waals surface area contributed by atoms with Crippen molar-refractivity contribution in [1.82, 2.24) is 40.1 Å². The zero-order valence-corrected chi connectivity index (χ0v) is 39.1. The molecule has 3 heterocycles. The first kappa shape index (κ1) is 48.9. The quantitative estimate of drug-likeness (QED) is 0.107. The van der Waals surface area contributed by atoms with E-state index >= 15 is 0 Å². The number of sulfonamides is 2. The van der Waals surface area contributed by atoms with Crippen LogP contribution in [-0.4, -0.2) is 138 Å². The smallest absolute Gasteiger partial charge is 0.314 e. The molecule has 356 valence electrons. The van der Waals surface area contributed by atoms with E-state index in [0.29, 0.717) is 87.5 Å². The summed E-state index contributed by atoms with van der Waals surface area (Å²) >= 11 is 6.42. The molecule has 4 aliphatic rings. The number of urea groups is 1. The maximum Gasteiger partial charge on any atom is 0.314 e. The van der Waals surface area contributed by atoms with Gasteiger partial charge in [-0.25, -0.2) is 31.1 Å². The Bertz CT molecular complexity index is 2450. The molecule has 0 radical (unpaired) electrons. The number of nitrogens with one attached hydrogen (secondary N) is 5. The molecular weight excluding hydrogens is 910 g/mol. The third-order valence-corrected chi connectivity index (χ3v) is 15.9. The molecule has 0 aromatic heterocycles. The fourth-order valence-electron chi connectivity index (χ4n) is 9.04. The third-order valence-electron chi connectivity index (χ3n) is 12.6. The number of phenols is 1. The highest BCUT2D eigenvalue weighted by Crippen LogP contribution is 2.41. The summed E-state index contributed by atoms with van der Waals surface area (Å²) < 4.78 is 64.2. The minimum absolute atomic E-state index is 0.00799. The Labute approximate surface area is 391 Å². The summed E-state index contributed by atoms with van der Waals surface area (Å²) in [5, 5.41) is 28.6. The number of piperazine rings is 1. The molecule has 6 N–H and O–H groups in total. The van der Waals surface area contributed by atoms with Gasteiger partial charge >= 0.3 is 6.03 Å². The molecule has 18 nitrogen and oxygen atoms in total. The van der Waals surface area contributed by atoms with Crippen molar-refractivity contribution in [3.05, 3.63) is 82.4 Å². The molecular formula is C45H58ClN9O9S2. The highest BCUT2D eigenvalue weighted by Gasteiger charge is 2.40. The van der Waals surface area contributed by atoms with Crippen LogP contribution in [0.15, 0.2) is 70.5 Å². The van der Waals surface area contributed by atoms with Gasteiger partial charge < -0.3 is 35.6 Å². The Morgan fingerprint density at radius 3 is 1.76 bits per heavy atom. The molecule has 0 saturated carbocycles.